The van der Waals surface area contributed by atoms with Crippen molar-refractivity contribution in [2.75, 3.05) is 38.1 Å². The minimum absolute atomic E-state index is 0.413. The van der Waals surface area contributed by atoms with Gasteiger partial charge in [0.15, 0.2) is 0 Å². The van der Waals surface area contributed by atoms with E-state index in [9.17, 15) is 4.79 Å². The number of nitrogens with zero attached hydrogens (tertiary/aromatic N) is 5. The minimum Gasteiger partial charge on any atom is -0.444 e. The number of hydrogen-bond acceptors (Lipinski definition) is 6. The zero-order chi connectivity index (χ0) is 22.9. The van der Waals surface area contributed by atoms with Crippen molar-refractivity contribution in [3.8, 4) is 11.3 Å². The number of likely N-dealkylation sites (N-methyl/N-ethyl adjacent to an activating group) is 1. The Hall–Kier alpha value is -3.13. The first-order chi connectivity index (χ1) is 15.2. The first-order valence-electron chi connectivity index (χ1n) is 11.0. The van der Waals surface area contributed by atoms with Crippen LogP contribution < -0.4 is 10.2 Å². The summed E-state index contributed by atoms with van der Waals surface area (Å²) in [5.74, 6) is 0.942. The van der Waals surface area contributed by atoms with E-state index in [1.54, 1.807) is 6.20 Å². The Morgan fingerprint density at radius 3 is 2.59 bits per heavy atom. The maximum Gasteiger partial charge on any atom is 0.407 e. The van der Waals surface area contributed by atoms with Gasteiger partial charge in [0.1, 0.15) is 11.4 Å². The van der Waals surface area contributed by atoms with Crippen LogP contribution >= 0.6 is 0 Å². The zero-order valence-electron chi connectivity index (χ0n) is 19.6. The van der Waals surface area contributed by atoms with Gasteiger partial charge in [-0.05, 0) is 58.0 Å². The fraction of sp³-hybridized carbons (Fsp3) is 0.458. The largest absolute Gasteiger partial charge is 0.444 e. The zero-order valence-corrected chi connectivity index (χ0v) is 19.6. The molecule has 0 unspecified atom stereocenters. The Labute approximate surface area is 189 Å². The lowest BCUT2D eigenvalue weighted by Crippen LogP contribution is -2.44. The summed E-state index contributed by atoms with van der Waals surface area (Å²) in [7, 11) is 2.15. The van der Waals surface area contributed by atoms with Crippen LogP contribution in [0, 0.1) is 6.92 Å². The van der Waals surface area contributed by atoms with Crippen molar-refractivity contribution in [2.24, 2.45) is 0 Å². The van der Waals surface area contributed by atoms with Crippen molar-refractivity contribution in [2.45, 2.75) is 39.8 Å². The molecule has 32 heavy (non-hydrogen) atoms. The van der Waals surface area contributed by atoms with E-state index in [1.807, 2.05) is 50.5 Å². The summed E-state index contributed by atoms with van der Waals surface area (Å²) < 4.78 is 7.24. The molecule has 1 amide bonds. The lowest BCUT2D eigenvalue weighted by Gasteiger charge is -2.33. The number of ether oxygens (including phenoxy) is 1. The molecule has 1 N–H and O–H groups in total. The second kappa shape index (κ2) is 8.78. The van der Waals surface area contributed by atoms with Gasteiger partial charge in [0.05, 0.1) is 23.6 Å². The molecule has 0 bridgehead atoms. The molecule has 3 aromatic rings. The molecule has 0 radical (unpaired) electrons. The summed E-state index contributed by atoms with van der Waals surface area (Å²) in [6.45, 7) is 12.0. The average molecular weight is 437 g/mol. The Morgan fingerprint density at radius 2 is 1.91 bits per heavy atom. The smallest absolute Gasteiger partial charge is 0.407 e. The van der Waals surface area contributed by atoms with Crippen molar-refractivity contribution in [3.63, 3.8) is 0 Å². The molecular formula is C24H32N6O2. The summed E-state index contributed by atoms with van der Waals surface area (Å²) in [4.78, 5) is 21.7. The fourth-order valence-corrected chi connectivity index (χ4v) is 3.84. The maximum absolute atomic E-state index is 12.0. The molecule has 3 heterocycles. The average Bonchev–Trinajstić information content (AvgIpc) is 3.20. The number of nitrogens with one attached hydrogen (secondary N) is 1. The third kappa shape index (κ3) is 5.02. The number of fused-ring (bicyclic) bond motifs is 1. The molecule has 2 aromatic heterocycles. The number of anilines is 1. The van der Waals surface area contributed by atoms with E-state index in [1.165, 1.54) is 0 Å². The van der Waals surface area contributed by atoms with E-state index in [4.69, 9.17) is 9.72 Å². The van der Waals surface area contributed by atoms with Gasteiger partial charge >= 0.3 is 6.09 Å². The van der Waals surface area contributed by atoms with Crippen LogP contribution in [0.2, 0.25) is 0 Å². The molecule has 0 aliphatic carbocycles. The van der Waals surface area contributed by atoms with E-state index in [2.05, 4.69) is 39.4 Å². The van der Waals surface area contributed by atoms with Crippen LogP contribution in [0.5, 0.6) is 0 Å². The summed E-state index contributed by atoms with van der Waals surface area (Å²) in [5.41, 5.74) is 4.53. The summed E-state index contributed by atoms with van der Waals surface area (Å²) in [6.07, 6.45) is 3.40. The number of piperazine rings is 1. The lowest BCUT2D eigenvalue weighted by atomic mass is 10.0. The number of hydrogen-bond donors (Lipinski definition) is 1. The number of carbonyl (C=O) groups is 1. The molecule has 1 aliphatic heterocycles. The number of amides is 1. The van der Waals surface area contributed by atoms with Crippen LogP contribution in [0.3, 0.4) is 0 Å². The van der Waals surface area contributed by atoms with Crippen molar-refractivity contribution >= 4 is 17.4 Å². The van der Waals surface area contributed by atoms with Crippen molar-refractivity contribution in [3.05, 3.63) is 47.8 Å². The van der Waals surface area contributed by atoms with E-state index in [0.29, 0.717) is 6.54 Å². The SMILES string of the molecule is Cc1cc(-c2nc(N3CCN(C)CC3)cn3nccc23)ccc1CNC(=O)OC(C)(C)C. The second-order valence-electron chi connectivity index (χ2n) is 9.40. The quantitative estimate of drug-likeness (QED) is 0.675. The van der Waals surface area contributed by atoms with Crippen molar-refractivity contribution in [1.82, 2.24) is 24.8 Å². The Bertz CT molecular complexity index is 1110. The third-order valence-corrected chi connectivity index (χ3v) is 5.64. The first kappa shape index (κ1) is 22.1. The Morgan fingerprint density at radius 1 is 1.16 bits per heavy atom. The van der Waals surface area contributed by atoms with Crippen molar-refractivity contribution < 1.29 is 9.53 Å². The van der Waals surface area contributed by atoms with Crippen LogP contribution in [0.25, 0.3) is 16.8 Å². The summed E-state index contributed by atoms with van der Waals surface area (Å²) >= 11 is 0. The topological polar surface area (TPSA) is 75.0 Å². The maximum atomic E-state index is 12.0. The highest BCUT2D eigenvalue weighted by Crippen LogP contribution is 2.28. The number of rotatable bonds is 4. The number of alkyl carbamates (subject to hydrolysis) is 1. The van der Waals surface area contributed by atoms with Gasteiger partial charge in [-0.1, -0.05) is 12.1 Å². The number of aromatic nitrogens is 3. The van der Waals surface area contributed by atoms with Gasteiger partial charge < -0.3 is 19.9 Å². The molecule has 8 heteroatoms. The van der Waals surface area contributed by atoms with E-state index >= 15 is 0 Å². The van der Waals surface area contributed by atoms with Gasteiger partial charge in [-0.15, -0.1) is 0 Å². The second-order valence-corrected chi connectivity index (χ2v) is 9.40. The van der Waals surface area contributed by atoms with Crippen LogP contribution in [0.1, 0.15) is 31.9 Å². The highest BCUT2D eigenvalue weighted by molar-refractivity contribution is 5.78. The molecule has 1 saturated heterocycles. The highest BCUT2D eigenvalue weighted by Gasteiger charge is 2.19. The summed E-state index contributed by atoms with van der Waals surface area (Å²) in [5, 5.41) is 7.31. The lowest BCUT2D eigenvalue weighted by molar-refractivity contribution is 0.0523. The molecule has 1 aromatic carbocycles. The highest BCUT2D eigenvalue weighted by atomic mass is 16.6. The molecule has 0 atom stereocenters. The monoisotopic (exact) mass is 436 g/mol. The molecule has 1 aliphatic rings. The number of benzene rings is 1. The fourth-order valence-electron chi connectivity index (χ4n) is 3.84. The predicted molar refractivity (Wildman–Crippen MR) is 126 cm³/mol. The van der Waals surface area contributed by atoms with Gasteiger partial charge in [0.2, 0.25) is 0 Å². The minimum atomic E-state index is -0.514. The molecule has 1 fully saturated rings. The van der Waals surface area contributed by atoms with Gasteiger partial charge in [-0.25, -0.2) is 14.3 Å². The van der Waals surface area contributed by atoms with Crippen LogP contribution in [0.4, 0.5) is 10.6 Å². The Kier molecular flexibility index (Phi) is 6.06. The third-order valence-electron chi connectivity index (χ3n) is 5.64. The standard InChI is InChI=1S/C24H32N6O2/c1-17-14-18(6-7-19(17)15-25-23(31)32-24(2,3)4)22-20-8-9-26-30(20)16-21(27-22)29-12-10-28(5)11-13-29/h6-9,14,16H,10-13,15H2,1-5H3,(H,25,31). The number of carbonyl (C=O) groups excluding carboxylic acids is 1. The predicted octanol–water partition coefficient (Wildman–Crippen LogP) is 3.48. The van der Waals surface area contributed by atoms with Gasteiger partial charge in [-0.3, -0.25) is 0 Å². The summed E-state index contributed by atoms with van der Waals surface area (Å²) in [6, 6.07) is 8.21. The normalized spacial score (nSPS) is 15.2. The molecule has 170 valence electrons. The molecule has 4 rings (SSSR count). The van der Waals surface area contributed by atoms with E-state index in [0.717, 1.165) is 59.9 Å². The van der Waals surface area contributed by atoms with Crippen molar-refractivity contribution in [1.29, 1.82) is 0 Å². The molecule has 0 spiro atoms. The molecule has 8 nitrogen and oxygen atoms in total. The van der Waals surface area contributed by atoms with Crippen LogP contribution in [-0.2, 0) is 11.3 Å². The van der Waals surface area contributed by atoms with Crippen LogP contribution in [-0.4, -0.2) is 64.4 Å². The Balaban J connectivity index is 1.58. The van der Waals surface area contributed by atoms with E-state index < -0.39 is 11.7 Å². The molecule has 0 saturated carbocycles. The van der Waals surface area contributed by atoms with Gasteiger partial charge in [0, 0.05) is 38.3 Å². The van der Waals surface area contributed by atoms with E-state index in [-0.39, 0.29) is 0 Å². The first-order valence-corrected chi connectivity index (χ1v) is 11.0. The van der Waals surface area contributed by atoms with Gasteiger partial charge in [0.25, 0.3) is 0 Å². The number of aryl methyl sites for hydroxylation is 1. The van der Waals surface area contributed by atoms with Gasteiger partial charge in [-0.2, -0.15) is 5.10 Å². The van der Waals surface area contributed by atoms with Crippen LogP contribution in [0.15, 0.2) is 36.7 Å². The molecular weight excluding hydrogens is 404 g/mol.